The molecule has 0 fully saturated rings. The van der Waals surface area contributed by atoms with Gasteiger partial charge in [-0.1, -0.05) is 12.1 Å². The lowest BCUT2D eigenvalue weighted by atomic mass is 9.92. The number of nitrogens with zero attached hydrogens (tertiary/aromatic N) is 1. The molecule has 0 unspecified atom stereocenters. The summed E-state index contributed by atoms with van der Waals surface area (Å²) in [5.74, 6) is -1.64. The van der Waals surface area contributed by atoms with Crippen LogP contribution in [0.3, 0.4) is 0 Å². The number of hydrogen-bond acceptors (Lipinski definition) is 6. The highest BCUT2D eigenvalue weighted by atomic mass is 32.2. The van der Waals surface area contributed by atoms with Gasteiger partial charge in [0.05, 0.1) is 16.9 Å². The molecule has 4 rings (SSSR count). The van der Waals surface area contributed by atoms with Gasteiger partial charge in [-0.2, -0.15) is 8.42 Å². The van der Waals surface area contributed by atoms with Crippen LogP contribution in [0.4, 0.5) is 17.1 Å². The van der Waals surface area contributed by atoms with Crippen molar-refractivity contribution in [3.63, 3.8) is 0 Å². The molecule has 0 spiro atoms. The molecule has 0 bridgehead atoms. The van der Waals surface area contributed by atoms with Crippen molar-refractivity contribution in [3.05, 3.63) is 59.7 Å². The standard InChI is InChI=1S/C20H15N3O6S/c1-10(24)22-11-5-7-12(8-6-11)23-19(25)14-4-2-3-13-17(14)15(20(23)26)9-16(18(13)21)30(27,28)29/h2-9H,21H2,1H3,(H,22,24)(H,27,28,29). The largest absolute Gasteiger partial charge is 0.397 e. The van der Waals surface area contributed by atoms with Crippen LogP contribution in [-0.2, 0) is 14.9 Å². The summed E-state index contributed by atoms with van der Waals surface area (Å²) in [7, 11) is -4.70. The Bertz CT molecular complexity index is 1360. The Morgan fingerprint density at radius 3 is 2.27 bits per heavy atom. The van der Waals surface area contributed by atoms with Crippen LogP contribution in [0.1, 0.15) is 27.6 Å². The quantitative estimate of drug-likeness (QED) is 0.332. The number of nitrogen functional groups attached to an aromatic ring is 1. The summed E-state index contributed by atoms with van der Waals surface area (Å²) in [6.07, 6.45) is 0. The Kier molecular flexibility index (Phi) is 4.33. The van der Waals surface area contributed by atoms with Crippen LogP contribution < -0.4 is 16.0 Å². The summed E-state index contributed by atoms with van der Waals surface area (Å²) in [5, 5.41) is 2.99. The summed E-state index contributed by atoms with van der Waals surface area (Å²) < 4.78 is 33.1. The minimum Gasteiger partial charge on any atom is -0.397 e. The number of amides is 3. The van der Waals surface area contributed by atoms with Gasteiger partial charge in [0.2, 0.25) is 5.91 Å². The molecule has 0 saturated carbocycles. The van der Waals surface area contributed by atoms with Gasteiger partial charge in [0.25, 0.3) is 21.9 Å². The summed E-state index contributed by atoms with van der Waals surface area (Å²) in [6.45, 7) is 1.35. The van der Waals surface area contributed by atoms with E-state index in [2.05, 4.69) is 5.32 Å². The van der Waals surface area contributed by atoms with E-state index in [0.29, 0.717) is 5.69 Å². The fourth-order valence-electron chi connectivity index (χ4n) is 3.51. The number of anilines is 3. The SMILES string of the molecule is CC(=O)Nc1ccc(N2C(=O)c3cccc4c(N)c(S(=O)(=O)O)cc(c34)C2=O)cc1. The van der Waals surface area contributed by atoms with Crippen molar-refractivity contribution in [3.8, 4) is 0 Å². The second kappa shape index (κ2) is 6.65. The molecule has 4 N–H and O–H groups in total. The van der Waals surface area contributed by atoms with Crippen molar-refractivity contribution in [2.24, 2.45) is 0 Å². The monoisotopic (exact) mass is 425 g/mol. The molecule has 0 radical (unpaired) electrons. The number of imide groups is 1. The van der Waals surface area contributed by atoms with Crippen LogP contribution in [0.5, 0.6) is 0 Å². The summed E-state index contributed by atoms with van der Waals surface area (Å²) in [6, 6.07) is 11.5. The first-order valence-electron chi connectivity index (χ1n) is 8.68. The Hall–Kier alpha value is -3.76. The van der Waals surface area contributed by atoms with Crippen molar-refractivity contribution >= 4 is 55.7 Å². The normalized spacial score (nSPS) is 13.6. The van der Waals surface area contributed by atoms with Gasteiger partial charge in [-0.15, -0.1) is 0 Å². The highest BCUT2D eigenvalue weighted by Crippen LogP contribution is 2.38. The zero-order valence-electron chi connectivity index (χ0n) is 15.5. The molecule has 1 heterocycles. The van der Waals surface area contributed by atoms with Crippen molar-refractivity contribution in [2.75, 3.05) is 16.0 Å². The molecule has 30 heavy (non-hydrogen) atoms. The number of hydrogen-bond donors (Lipinski definition) is 3. The van der Waals surface area contributed by atoms with Crippen LogP contribution in [-0.4, -0.2) is 30.7 Å². The molecule has 0 atom stereocenters. The third-order valence-corrected chi connectivity index (χ3v) is 5.65. The van der Waals surface area contributed by atoms with Gasteiger partial charge in [-0.05, 0) is 36.4 Å². The van der Waals surface area contributed by atoms with E-state index >= 15 is 0 Å². The van der Waals surface area contributed by atoms with Gasteiger partial charge in [0, 0.05) is 28.9 Å². The van der Waals surface area contributed by atoms with Gasteiger partial charge in [-0.3, -0.25) is 18.9 Å². The number of rotatable bonds is 3. The summed E-state index contributed by atoms with van der Waals surface area (Å²) in [4.78, 5) is 37.8. The molecule has 3 aromatic carbocycles. The highest BCUT2D eigenvalue weighted by Gasteiger charge is 2.36. The van der Waals surface area contributed by atoms with E-state index < -0.39 is 26.8 Å². The third kappa shape index (κ3) is 2.98. The van der Waals surface area contributed by atoms with E-state index in [1.807, 2.05) is 0 Å². The molecule has 0 aliphatic carbocycles. The number of nitrogens with two attached hydrogens (primary N) is 1. The zero-order valence-corrected chi connectivity index (χ0v) is 16.4. The fourth-order valence-corrected chi connectivity index (χ4v) is 4.16. The predicted octanol–water partition coefficient (Wildman–Crippen LogP) is 2.43. The molecule has 0 aromatic heterocycles. The van der Waals surface area contributed by atoms with E-state index in [1.165, 1.54) is 49.4 Å². The van der Waals surface area contributed by atoms with Crippen molar-refractivity contribution in [1.82, 2.24) is 0 Å². The minimum absolute atomic E-state index is 0.0760. The smallest absolute Gasteiger partial charge is 0.296 e. The molecule has 152 valence electrons. The summed E-state index contributed by atoms with van der Waals surface area (Å²) >= 11 is 0. The minimum atomic E-state index is -4.70. The first-order valence-corrected chi connectivity index (χ1v) is 10.1. The lowest BCUT2D eigenvalue weighted by Gasteiger charge is -2.28. The van der Waals surface area contributed by atoms with E-state index in [9.17, 15) is 27.4 Å². The Morgan fingerprint density at radius 2 is 1.67 bits per heavy atom. The van der Waals surface area contributed by atoms with Crippen molar-refractivity contribution < 1.29 is 27.4 Å². The average Bonchev–Trinajstić information content (AvgIpc) is 2.67. The lowest BCUT2D eigenvalue weighted by molar-refractivity contribution is -0.114. The first-order chi connectivity index (χ1) is 14.1. The van der Waals surface area contributed by atoms with Crippen LogP contribution in [0.25, 0.3) is 10.8 Å². The van der Waals surface area contributed by atoms with Crippen molar-refractivity contribution in [1.29, 1.82) is 0 Å². The molecular weight excluding hydrogens is 410 g/mol. The van der Waals surface area contributed by atoms with E-state index in [0.717, 1.165) is 11.0 Å². The molecule has 3 amide bonds. The van der Waals surface area contributed by atoms with Crippen LogP contribution in [0.15, 0.2) is 53.4 Å². The third-order valence-electron chi connectivity index (χ3n) is 4.76. The van der Waals surface area contributed by atoms with Gasteiger partial charge < -0.3 is 11.1 Å². The maximum Gasteiger partial charge on any atom is 0.296 e. The summed E-state index contributed by atoms with van der Waals surface area (Å²) in [5.41, 5.74) is 6.46. The first kappa shape index (κ1) is 19.6. The van der Waals surface area contributed by atoms with Gasteiger partial charge in [0.1, 0.15) is 4.90 Å². The molecular formula is C20H15N3O6S. The molecule has 3 aromatic rings. The lowest BCUT2D eigenvalue weighted by Crippen LogP contribution is -2.40. The maximum absolute atomic E-state index is 13.2. The zero-order chi connectivity index (χ0) is 21.8. The number of benzene rings is 3. The number of carbonyl (C=O) groups excluding carboxylic acids is 3. The van der Waals surface area contributed by atoms with E-state index in [-0.39, 0.29) is 39.2 Å². The number of nitrogens with one attached hydrogen (secondary N) is 1. The van der Waals surface area contributed by atoms with E-state index in [1.54, 1.807) is 0 Å². The molecule has 1 aliphatic rings. The van der Waals surface area contributed by atoms with Crippen LogP contribution >= 0.6 is 0 Å². The molecule has 10 heteroatoms. The maximum atomic E-state index is 13.2. The van der Waals surface area contributed by atoms with Crippen LogP contribution in [0, 0.1) is 0 Å². The molecule has 9 nitrogen and oxygen atoms in total. The molecule has 1 aliphatic heterocycles. The number of carbonyl (C=O) groups is 3. The fraction of sp³-hybridized carbons (Fsp3) is 0.0500. The van der Waals surface area contributed by atoms with Crippen molar-refractivity contribution in [2.45, 2.75) is 11.8 Å². The predicted molar refractivity (Wildman–Crippen MR) is 110 cm³/mol. The highest BCUT2D eigenvalue weighted by molar-refractivity contribution is 7.86. The van der Waals surface area contributed by atoms with Gasteiger partial charge >= 0.3 is 0 Å². The topological polar surface area (TPSA) is 147 Å². The van der Waals surface area contributed by atoms with Crippen LogP contribution in [0.2, 0.25) is 0 Å². The molecule has 0 saturated heterocycles. The Balaban J connectivity index is 1.92. The average molecular weight is 425 g/mol. The Labute approximate surface area is 170 Å². The van der Waals surface area contributed by atoms with Gasteiger partial charge in [0.15, 0.2) is 0 Å². The van der Waals surface area contributed by atoms with E-state index in [4.69, 9.17) is 5.73 Å². The van der Waals surface area contributed by atoms with Gasteiger partial charge in [-0.25, -0.2) is 4.90 Å². The Morgan fingerprint density at radius 1 is 1.03 bits per heavy atom. The second-order valence-corrected chi connectivity index (χ2v) is 8.10. The second-order valence-electron chi connectivity index (χ2n) is 6.71.